The van der Waals surface area contributed by atoms with E-state index in [1.165, 1.54) is 0 Å². The van der Waals surface area contributed by atoms with E-state index in [2.05, 4.69) is 5.32 Å². The number of hydrogen-bond acceptors (Lipinski definition) is 3. The number of carbonyl (C=O) groups excluding carboxylic acids is 3. The topological polar surface area (TPSA) is 69.7 Å². The van der Waals surface area contributed by atoms with Crippen molar-refractivity contribution in [1.82, 2.24) is 15.1 Å². The molecule has 2 aliphatic rings. The van der Waals surface area contributed by atoms with Gasteiger partial charge in [-0.1, -0.05) is 5.57 Å². The molecule has 1 unspecified atom stereocenters. The first-order valence-corrected chi connectivity index (χ1v) is 9.42. The number of amides is 3. The molecule has 2 rings (SSSR count). The van der Waals surface area contributed by atoms with Crippen LogP contribution in [0.3, 0.4) is 0 Å². The zero-order valence-corrected chi connectivity index (χ0v) is 15.7. The van der Waals surface area contributed by atoms with Gasteiger partial charge >= 0.3 is 0 Å². The Labute approximate surface area is 150 Å². The first kappa shape index (κ1) is 19.5. The van der Waals surface area contributed by atoms with Crippen molar-refractivity contribution >= 4 is 17.7 Å². The molecule has 0 aliphatic carbocycles. The van der Waals surface area contributed by atoms with Crippen LogP contribution in [0.5, 0.6) is 0 Å². The summed E-state index contributed by atoms with van der Waals surface area (Å²) >= 11 is 0. The van der Waals surface area contributed by atoms with Crippen LogP contribution in [0.15, 0.2) is 11.6 Å². The molecule has 0 spiro atoms. The highest BCUT2D eigenvalue weighted by molar-refractivity contribution is 5.88. The number of likely N-dealkylation sites (tertiary alicyclic amines) is 2. The molecule has 2 aliphatic heterocycles. The Kier molecular flexibility index (Phi) is 7.02. The van der Waals surface area contributed by atoms with Gasteiger partial charge in [0.1, 0.15) is 0 Å². The van der Waals surface area contributed by atoms with Gasteiger partial charge in [0.25, 0.3) is 0 Å². The molecule has 6 heteroatoms. The fourth-order valence-corrected chi connectivity index (χ4v) is 3.65. The van der Waals surface area contributed by atoms with Crippen LogP contribution in [0.2, 0.25) is 0 Å². The Morgan fingerprint density at radius 3 is 2.64 bits per heavy atom. The van der Waals surface area contributed by atoms with E-state index in [1.54, 1.807) is 11.0 Å². The van der Waals surface area contributed by atoms with E-state index in [0.717, 1.165) is 31.4 Å². The maximum Gasteiger partial charge on any atom is 0.244 e. The Balaban J connectivity index is 1.97. The van der Waals surface area contributed by atoms with Gasteiger partial charge in [-0.3, -0.25) is 14.4 Å². The second-order valence-corrected chi connectivity index (χ2v) is 7.38. The van der Waals surface area contributed by atoms with Crippen molar-refractivity contribution in [2.45, 2.75) is 58.9 Å². The molecule has 2 heterocycles. The van der Waals surface area contributed by atoms with Crippen molar-refractivity contribution in [1.29, 1.82) is 0 Å². The van der Waals surface area contributed by atoms with Crippen LogP contribution in [0.25, 0.3) is 0 Å². The van der Waals surface area contributed by atoms with Gasteiger partial charge in [0, 0.05) is 44.7 Å². The largest absolute Gasteiger partial charge is 0.348 e. The molecule has 0 aromatic carbocycles. The summed E-state index contributed by atoms with van der Waals surface area (Å²) in [5.74, 6) is 0.0909. The van der Waals surface area contributed by atoms with Gasteiger partial charge in [-0.2, -0.15) is 0 Å². The number of nitrogens with zero attached hydrogens (tertiary/aromatic N) is 2. The van der Waals surface area contributed by atoms with Gasteiger partial charge < -0.3 is 15.1 Å². The fraction of sp³-hybridized carbons (Fsp3) is 0.737. The molecule has 0 radical (unpaired) electrons. The average Bonchev–Trinajstić information content (AvgIpc) is 2.79. The van der Waals surface area contributed by atoms with Crippen LogP contribution in [0.1, 0.15) is 52.9 Å². The minimum Gasteiger partial charge on any atom is -0.348 e. The molecule has 0 aromatic rings. The van der Waals surface area contributed by atoms with Crippen molar-refractivity contribution in [3.05, 3.63) is 11.6 Å². The lowest BCUT2D eigenvalue weighted by Crippen LogP contribution is -2.50. The number of allylic oxidation sites excluding steroid dienone is 1. The second kappa shape index (κ2) is 9.02. The standard InChI is InChI=1S/C19H31N3O3/c1-4-21-12-15(8-9-18(21)24)19(25)22-10-6-5-7-16(13-22)20-17(23)11-14(2)3/h11,15-16H,4-10,12-13H2,1-3H3,(H,20,23)/t15?,16-/m0/s1. The third kappa shape index (κ3) is 5.58. The van der Waals surface area contributed by atoms with Crippen molar-refractivity contribution in [2.75, 3.05) is 26.2 Å². The van der Waals surface area contributed by atoms with Crippen LogP contribution < -0.4 is 5.32 Å². The van der Waals surface area contributed by atoms with Crippen molar-refractivity contribution in [3.8, 4) is 0 Å². The molecule has 6 nitrogen and oxygen atoms in total. The molecule has 2 saturated heterocycles. The maximum absolute atomic E-state index is 12.9. The number of rotatable bonds is 4. The molecule has 2 fully saturated rings. The second-order valence-electron chi connectivity index (χ2n) is 7.38. The van der Waals surface area contributed by atoms with E-state index < -0.39 is 0 Å². The lowest BCUT2D eigenvalue weighted by Gasteiger charge is -2.34. The number of hydrogen-bond donors (Lipinski definition) is 1. The Hall–Kier alpha value is -1.85. The highest BCUT2D eigenvalue weighted by Crippen LogP contribution is 2.21. The zero-order valence-electron chi connectivity index (χ0n) is 15.7. The predicted octanol–water partition coefficient (Wildman–Crippen LogP) is 1.71. The van der Waals surface area contributed by atoms with Crippen LogP contribution in [-0.2, 0) is 14.4 Å². The summed E-state index contributed by atoms with van der Waals surface area (Å²) < 4.78 is 0. The Morgan fingerprint density at radius 2 is 1.96 bits per heavy atom. The highest BCUT2D eigenvalue weighted by Gasteiger charge is 2.33. The molecule has 0 bridgehead atoms. The van der Waals surface area contributed by atoms with Crippen molar-refractivity contribution in [3.63, 3.8) is 0 Å². The Morgan fingerprint density at radius 1 is 1.20 bits per heavy atom. The van der Waals surface area contributed by atoms with E-state index in [-0.39, 0.29) is 29.7 Å². The molecule has 1 N–H and O–H groups in total. The number of piperidine rings is 1. The summed E-state index contributed by atoms with van der Waals surface area (Å²) in [6.07, 6.45) is 5.56. The van der Waals surface area contributed by atoms with Crippen LogP contribution in [-0.4, -0.2) is 59.7 Å². The van der Waals surface area contributed by atoms with Gasteiger partial charge in [-0.15, -0.1) is 0 Å². The zero-order chi connectivity index (χ0) is 18.4. The minimum atomic E-state index is -0.107. The lowest BCUT2D eigenvalue weighted by atomic mass is 9.96. The Bertz CT molecular complexity index is 540. The van der Waals surface area contributed by atoms with Gasteiger partial charge in [-0.25, -0.2) is 0 Å². The first-order valence-electron chi connectivity index (χ1n) is 9.42. The normalized spacial score (nSPS) is 24.5. The third-order valence-corrected chi connectivity index (χ3v) is 4.98. The van der Waals surface area contributed by atoms with Gasteiger partial charge in [0.2, 0.25) is 17.7 Å². The quantitative estimate of drug-likeness (QED) is 0.786. The number of carbonyl (C=O) groups is 3. The van der Waals surface area contributed by atoms with Gasteiger partial charge in [0.05, 0.1) is 5.92 Å². The van der Waals surface area contributed by atoms with E-state index in [4.69, 9.17) is 0 Å². The van der Waals surface area contributed by atoms with Crippen molar-refractivity contribution in [2.24, 2.45) is 5.92 Å². The van der Waals surface area contributed by atoms with Crippen LogP contribution in [0.4, 0.5) is 0 Å². The molecule has 25 heavy (non-hydrogen) atoms. The molecule has 3 amide bonds. The molecule has 0 aromatic heterocycles. The van der Waals surface area contributed by atoms with E-state index >= 15 is 0 Å². The van der Waals surface area contributed by atoms with Crippen LogP contribution in [0, 0.1) is 5.92 Å². The fourth-order valence-electron chi connectivity index (χ4n) is 3.65. The van der Waals surface area contributed by atoms with Crippen molar-refractivity contribution < 1.29 is 14.4 Å². The monoisotopic (exact) mass is 349 g/mol. The summed E-state index contributed by atoms with van der Waals surface area (Å²) in [5, 5.41) is 3.03. The van der Waals surface area contributed by atoms with Crippen LogP contribution >= 0.6 is 0 Å². The smallest absolute Gasteiger partial charge is 0.244 e. The third-order valence-electron chi connectivity index (χ3n) is 4.98. The lowest BCUT2D eigenvalue weighted by molar-refractivity contribution is -0.143. The maximum atomic E-state index is 12.9. The van der Waals surface area contributed by atoms with Gasteiger partial charge in [-0.05, 0) is 46.5 Å². The molecule has 140 valence electrons. The molecule has 2 atom stereocenters. The molecular weight excluding hydrogens is 318 g/mol. The SMILES string of the molecule is CCN1CC(C(=O)N2CCCC[C@H](NC(=O)C=C(C)C)C2)CCC1=O. The summed E-state index contributed by atoms with van der Waals surface area (Å²) in [6.45, 7) is 8.23. The molecule has 0 saturated carbocycles. The van der Waals surface area contributed by atoms with E-state index in [9.17, 15) is 14.4 Å². The van der Waals surface area contributed by atoms with Gasteiger partial charge in [0.15, 0.2) is 0 Å². The predicted molar refractivity (Wildman–Crippen MR) is 96.8 cm³/mol. The average molecular weight is 349 g/mol. The molecular formula is C19H31N3O3. The summed E-state index contributed by atoms with van der Waals surface area (Å²) in [4.78, 5) is 40.4. The summed E-state index contributed by atoms with van der Waals surface area (Å²) in [6, 6.07) is 0.00190. The summed E-state index contributed by atoms with van der Waals surface area (Å²) in [7, 11) is 0. The highest BCUT2D eigenvalue weighted by atomic mass is 16.2. The van der Waals surface area contributed by atoms with E-state index in [1.807, 2.05) is 25.7 Å². The van der Waals surface area contributed by atoms with E-state index in [0.29, 0.717) is 32.5 Å². The summed E-state index contributed by atoms with van der Waals surface area (Å²) in [5.41, 5.74) is 0.964. The first-order chi connectivity index (χ1) is 11.9. The number of nitrogens with one attached hydrogen (secondary N) is 1. The minimum absolute atomic E-state index is 0.00190.